The van der Waals surface area contributed by atoms with Gasteiger partial charge < -0.3 is 9.64 Å². The fourth-order valence-electron chi connectivity index (χ4n) is 3.39. The van der Waals surface area contributed by atoms with Crippen molar-refractivity contribution >= 4 is 17.4 Å². The predicted octanol–water partition coefficient (Wildman–Crippen LogP) is 3.53. The number of hydrogen-bond donors (Lipinski definition) is 0. The van der Waals surface area contributed by atoms with Crippen molar-refractivity contribution in [2.24, 2.45) is 0 Å². The maximum absolute atomic E-state index is 13.2. The lowest BCUT2D eigenvalue weighted by molar-refractivity contribution is 0.0975. The zero-order valence-electron chi connectivity index (χ0n) is 12.6. The summed E-state index contributed by atoms with van der Waals surface area (Å²) in [7, 11) is 0. The van der Waals surface area contributed by atoms with Crippen LogP contribution >= 0.6 is 11.6 Å². The second-order valence-corrected chi connectivity index (χ2v) is 6.33. The van der Waals surface area contributed by atoms with Crippen molar-refractivity contribution in [1.82, 2.24) is 9.97 Å². The minimum absolute atomic E-state index is 0.0406. The molecule has 1 aromatic heterocycles. The second kappa shape index (κ2) is 6.06. The molecule has 1 unspecified atom stereocenters. The summed E-state index contributed by atoms with van der Waals surface area (Å²) in [6.07, 6.45) is 2.33. The van der Waals surface area contributed by atoms with E-state index < -0.39 is 0 Å². The molecule has 4 nitrogen and oxygen atoms in total. The Morgan fingerprint density at radius 2 is 1.87 bits per heavy atom. The van der Waals surface area contributed by atoms with Crippen molar-refractivity contribution in [3.8, 4) is 0 Å². The first-order chi connectivity index (χ1) is 11.2. The molecular weight excluding hydrogens is 317 g/mol. The number of hydrogen-bond acceptors (Lipinski definition) is 4. The van der Waals surface area contributed by atoms with Gasteiger partial charge in [0.25, 0.3) is 0 Å². The van der Waals surface area contributed by atoms with Crippen molar-refractivity contribution in [3.63, 3.8) is 0 Å². The molecule has 1 aromatic carbocycles. The number of anilines is 1. The van der Waals surface area contributed by atoms with Crippen LogP contribution in [-0.4, -0.2) is 29.7 Å². The van der Waals surface area contributed by atoms with E-state index in [4.69, 9.17) is 16.3 Å². The number of ether oxygens (including phenoxy) is 1. The SMILES string of the molecule is Fc1ccc(C2COCc3c2nc(Cl)nc3N2CCCC2)cc1. The lowest BCUT2D eigenvalue weighted by Crippen LogP contribution is -2.27. The summed E-state index contributed by atoms with van der Waals surface area (Å²) < 4.78 is 19.0. The first-order valence-corrected chi connectivity index (χ1v) is 8.24. The summed E-state index contributed by atoms with van der Waals surface area (Å²) in [5.41, 5.74) is 2.90. The molecule has 4 rings (SSSR count). The lowest BCUT2D eigenvalue weighted by atomic mass is 9.91. The zero-order valence-corrected chi connectivity index (χ0v) is 13.4. The van der Waals surface area contributed by atoms with Crippen LogP contribution in [0.4, 0.5) is 10.2 Å². The third kappa shape index (κ3) is 2.79. The number of rotatable bonds is 2. The number of halogens is 2. The minimum atomic E-state index is -0.246. The molecule has 3 heterocycles. The molecule has 0 amide bonds. The Morgan fingerprint density at radius 3 is 2.61 bits per heavy atom. The van der Waals surface area contributed by atoms with E-state index in [0.29, 0.717) is 13.2 Å². The topological polar surface area (TPSA) is 38.3 Å². The van der Waals surface area contributed by atoms with E-state index in [0.717, 1.165) is 35.7 Å². The predicted molar refractivity (Wildman–Crippen MR) is 86.4 cm³/mol. The van der Waals surface area contributed by atoms with Gasteiger partial charge in [-0.3, -0.25) is 0 Å². The van der Waals surface area contributed by atoms with Crippen molar-refractivity contribution < 1.29 is 9.13 Å². The molecule has 2 aliphatic rings. The van der Waals surface area contributed by atoms with Gasteiger partial charge in [0, 0.05) is 18.7 Å². The van der Waals surface area contributed by atoms with Gasteiger partial charge in [0.2, 0.25) is 5.28 Å². The van der Waals surface area contributed by atoms with E-state index >= 15 is 0 Å². The second-order valence-electron chi connectivity index (χ2n) is 5.99. The Labute approximate surface area is 139 Å². The van der Waals surface area contributed by atoms with Gasteiger partial charge in [-0.25, -0.2) is 14.4 Å². The Hall–Kier alpha value is -1.72. The van der Waals surface area contributed by atoms with Gasteiger partial charge in [0.1, 0.15) is 11.6 Å². The summed E-state index contributed by atoms with van der Waals surface area (Å²) in [4.78, 5) is 11.2. The molecule has 6 heteroatoms. The van der Waals surface area contributed by atoms with Gasteiger partial charge in [-0.15, -0.1) is 0 Å². The van der Waals surface area contributed by atoms with Gasteiger partial charge in [0.15, 0.2) is 0 Å². The monoisotopic (exact) mass is 333 g/mol. The van der Waals surface area contributed by atoms with Crippen LogP contribution in [0.3, 0.4) is 0 Å². The van der Waals surface area contributed by atoms with Crippen LogP contribution in [0.1, 0.15) is 35.6 Å². The van der Waals surface area contributed by atoms with E-state index in [9.17, 15) is 4.39 Å². The van der Waals surface area contributed by atoms with Crippen molar-refractivity contribution in [2.45, 2.75) is 25.4 Å². The standard InChI is InChI=1S/C17H17ClFN3O/c18-17-20-15-13(11-3-5-12(19)6-4-11)9-23-10-14(15)16(21-17)22-7-1-2-8-22/h3-6,13H,1-2,7-10H2. The molecule has 2 aliphatic heterocycles. The highest BCUT2D eigenvalue weighted by molar-refractivity contribution is 6.28. The summed E-state index contributed by atoms with van der Waals surface area (Å²) in [5, 5.41) is 0.264. The quantitative estimate of drug-likeness (QED) is 0.788. The van der Waals surface area contributed by atoms with Crippen LogP contribution in [0, 0.1) is 5.82 Å². The molecule has 0 radical (unpaired) electrons. The van der Waals surface area contributed by atoms with Crippen LogP contribution in [0.5, 0.6) is 0 Å². The summed E-state index contributed by atoms with van der Waals surface area (Å²) in [5.74, 6) is 0.606. The molecule has 0 saturated carbocycles. The van der Waals surface area contributed by atoms with Gasteiger partial charge in [-0.1, -0.05) is 12.1 Å². The Bertz CT molecular complexity index is 717. The molecular formula is C17H17ClFN3O. The molecule has 1 fully saturated rings. The van der Waals surface area contributed by atoms with Crippen molar-refractivity contribution in [1.29, 1.82) is 0 Å². The lowest BCUT2D eigenvalue weighted by Gasteiger charge is -2.29. The van der Waals surface area contributed by atoms with Crippen molar-refractivity contribution in [2.75, 3.05) is 24.6 Å². The Morgan fingerprint density at radius 1 is 1.13 bits per heavy atom. The molecule has 1 saturated heterocycles. The first kappa shape index (κ1) is 14.8. The number of aromatic nitrogens is 2. The molecule has 0 aliphatic carbocycles. The number of fused-ring (bicyclic) bond motifs is 1. The highest BCUT2D eigenvalue weighted by Crippen LogP contribution is 2.36. The highest BCUT2D eigenvalue weighted by Gasteiger charge is 2.30. The maximum atomic E-state index is 13.2. The van der Waals surface area contributed by atoms with Crippen LogP contribution in [0.25, 0.3) is 0 Å². The summed E-state index contributed by atoms with van der Waals surface area (Å²) in [6, 6.07) is 6.50. The molecule has 1 atom stereocenters. The minimum Gasteiger partial charge on any atom is -0.376 e. The molecule has 120 valence electrons. The Balaban J connectivity index is 1.79. The molecule has 2 aromatic rings. The largest absolute Gasteiger partial charge is 0.376 e. The first-order valence-electron chi connectivity index (χ1n) is 7.87. The summed E-state index contributed by atoms with van der Waals surface area (Å²) >= 11 is 6.19. The van der Waals surface area contributed by atoms with Crippen molar-refractivity contribution in [3.05, 3.63) is 52.2 Å². The van der Waals surface area contributed by atoms with Gasteiger partial charge >= 0.3 is 0 Å². The molecule has 0 spiro atoms. The fourth-order valence-corrected chi connectivity index (χ4v) is 3.56. The Kier molecular flexibility index (Phi) is 3.91. The molecule has 0 N–H and O–H groups in total. The third-order valence-electron chi connectivity index (χ3n) is 4.53. The molecule has 0 bridgehead atoms. The molecule has 23 heavy (non-hydrogen) atoms. The smallest absolute Gasteiger partial charge is 0.224 e. The van der Waals surface area contributed by atoms with Crippen LogP contribution < -0.4 is 4.90 Å². The summed E-state index contributed by atoms with van der Waals surface area (Å²) in [6.45, 7) is 2.99. The van der Waals surface area contributed by atoms with Gasteiger partial charge in [-0.05, 0) is 42.1 Å². The van der Waals surface area contributed by atoms with Crippen LogP contribution in [-0.2, 0) is 11.3 Å². The van der Waals surface area contributed by atoms with Gasteiger partial charge in [-0.2, -0.15) is 0 Å². The number of nitrogens with zero attached hydrogens (tertiary/aromatic N) is 3. The fraction of sp³-hybridized carbons (Fsp3) is 0.412. The number of benzene rings is 1. The highest BCUT2D eigenvalue weighted by atomic mass is 35.5. The average molecular weight is 334 g/mol. The zero-order chi connectivity index (χ0) is 15.8. The van der Waals surface area contributed by atoms with E-state index in [1.807, 2.05) is 0 Å². The normalized spacial score (nSPS) is 20.6. The van der Waals surface area contributed by atoms with E-state index in [2.05, 4.69) is 14.9 Å². The van der Waals surface area contributed by atoms with E-state index in [1.54, 1.807) is 12.1 Å². The maximum Gasteiger partial charge on any atom is 0.224 e. The van der Waals surface area contributed by atoms with Gasteiger partial charge in [0.05, 0.1) is 24.8 Å². The van der Waals surface area contributed by atoms with E-state index in [-0.39, 0.29) is 17.0 Å². The van der Waals surface area contributed by atoms with E-state index in [1.165, 1.54) is 25.0 Å². The van der Waals surface area contributed by atoms with Crippen LogP contribution in [0.2, 0.25) is 5.28 Å². The third-order valence-corrected chi connectivity index (χ3v) is 4.70. The van der Waals surface area contributed by atoms with Crippen LogP contribution in [0.15, 0.2) is 24.3 Å². The average Bonchev–Trinajstić information content (AvgIpc) is 3.09.